The van der Waals surface area contributed by atoms with Gasteiger partial charge in [-0.25, -0.2) is 4.98 Å². The molecular formula is C12H15N3S. The molecule has 0 aliphatic heterocycles. The van der Waals surface area contributed by atoms with Crippen molar-refractivity contribution in [2.45, 2.75) is 17.9 Å². The van der Waals surface area contributed by atoms with E-state index in [1.165, 1.54) is 4.90 Å². The number of imidazole rings is 1. The fourth-order valence-corrected chi connectivity index (χ4v) is 2.07. The van der Waals surface area contributed by atoms with Crippen molar-refractivity contribution in [2.24, 2.45) is 5.73 Å². The molecule has 0 amide bonds. The lowest BCUT2D eigenvalue weighted by Gasteiger charge is -2.11. The van der Waals surface area contributed by atoms with Crippen LogP contribution in [0.25, 0.3) is 5.69 Å². The molecule has 1 atom stereocenters. The molecule has 1 aromatic heterocycles. The number of benzene rings is 1. The maximum absolute atomic E-state index is 5.90. The third-order valence-corrected chi connectivity index (χ3v) is 3.19. The molecule has 0 radical (unpaired) electrons. The summed E-state index contributed by atoms with van der Waals surface area (Å²) in [6.07, 6.45) is 5.69. The highest BCUT2D eigenvalue weighted by Gasteiger charge is 2.08. The van der Waals surface area contributed by atoms with Gasteiger partial charge in [-0.2, -0.15) is 0 Å². The first-order chi connectivity index (χ1) is 7.72. The van der Waals surface area contributed by atoms with Gasteiger partial charge < -0.3 is 10.3 Å². The number of rotatable bonds is 3. The van der Waals surface area contributed by atoms with Crippen LogP contribution in [0.4, 0.5) is 0 Å². The Bertz CT molecular complexity index is 477. The van der Waals surface area contributed by atoms with E-state index < -0.39 is 0 Å². The molecule has 84 valence electrons. The lowest BCUT2D eigenvalue weighted by atomic mass is 10.2. The number of thioether (sulfide) groups is 1. The van der Waals surface area contributed by atoms with E-state index in [9.17, 15) is 0 Å². The molecule has 1 heterocycles. The average molecular weight is 233 g/mol. The summed E-state index contributed by atoms with van der Waals surface area (Å²) in [4.78, 5) is 5.39. The van der Waals surface area contributed by atoms with Gasteiger partial charge in [0.15, 0.2) is 0 Å². The van der Waals surface area contributed by atoms with E-state index >= 15 is 0 Å². The van der Waals surface area contributed by atoms with Crippen molar-refractivity contribution in [3.05, 3.63) is 42.5 Å². The highest BCUT2D eigenvalue weighted by atomic mass is 32.2. The van der Waals surface area contributed by atoms with Gasteiger partial charge in [0.05, 0.1) is 18.2 Å². The summed E-state index contributed by atoms with van der Waals surface area (Å²) in [5.41, 5.74) is 8.03. The van der Waals surface area contributed by atoms with Gasteiger partial charge >= 0.3 is 0 Å². The minimum atomic E-state index is -0.0135. The van der Waals surface area contributed by atoms with Crippen LogP contribution in [-0.4, -0.2) is 15.8 Å². The van der Waals surface area contributed by atoms with E-state index in [0.717, 1.165) is 11.4 Å². The van der Waals surface area contributed by atoms with Crippen molar-refractivity contribution in [2.75, 3.05) is 6.26 Å². The third-order valence-electron chi connectivity index (χ3n) is 2.47. The second kappa shape index (κ2) is 4.72. The summed E-state index contributed by atoms with van der Waals surface area (Å²) in [6.45, 7) is 1.96. The van der Waals surface area contributed by atoms with E-state index in [1.807, 2.05) is 23.8 Å². The molecule has 0 unspecified atom stereocenters. The molecule has 2 rings (SSSR count). The van der Waals surface area contributed by atoms with Gasteiger partial charge in [-0.3, -0.25) is 0 Å². The summed E-state index contributed by atoms with van der Waals surface area (Å²) >= 11 is 1.73. The summed E-state index contributed by atoms with van der Waals surface area (Å²) in [7, 11) is 0. The van der Waals surface area contributed by atoms with Crippen LogP contribution in [0.5, 0.6) is 0 Å². The lowest BCUT2D eigenvalue weighted by Crippen LogP contribution is -2.10. The first kappa shape index (κ1) is 11.2. The maximum atomic E-state index is 5.90. The van der Waals surface area contributed by atoms with Crippen LogP contribution in [0.3, 0.4) is 0 Å². The SMILES string of the molecule is CSc1cccc(-n2cncc2[C@@H](C)N)c1. The van der Waals surface area contributed by atoms with Crippen LogP contribution in [0.1, 0.15) is 18.7 Å². The normalized spacial score (nSPS) is 12.7. The number of aromatic nitrogens is 2. The monoisotopic (exact) mass is 233 g/mol. The Balaban J connectivity index is 2.46. The maximum Gasteiger partial charge on any atom is 0.0994 e. The Morgan fingerprint density at radius 2 is 2.25 bits per heavy atom. The van der Waals surface area contributed by atoms with Crippen LogP contribution in [0, 0.1) is 0 Å². The zero-order chi connectivity index (χ0) is 11.5. The van der Waals surface area contributed by atoms with Gasteiger partial charge in [-0.15, -0.1) is 11.8 Å². The second-order valence-corrected chi connectivity index (χ2v) is 4.56. The molecule has 0 bridgehead atoms. The molecule has 2 aromatic rings. The average Bonchev–Trinajstić information content (AvgIpc) is 2.78. The van der Waals surface area contributed by atoms with Gasteiger partial charge in [-0.1, -0.05) is 6.07 Å². The Morgan fingerprint density at radius 3 is 2.94 bits per heavy atom. The van der Waals surface area contributed by atoms with Crippen LogP contribution in [0.2, 0.25) is 0 Å². The predicted molar refractivity (Wildman–Crippen MR) is 67.9 cm³/mol. The Hall–Kier alpha value is -1.26. The molecular weight excluding hydrogens is 218 g/mol. The van der Waals surface area contributed by atoms with E-state index in [4.69, 9.17) is 5.73 Å². The Labute approximate surface area is 99.7 Å². The van der Waals surface area contributed by atoms with E-state index in [-0.39, 0.29) is 6.04 Å². The fourth-order valence-electron chi connectivity index (χ4n) is 1.62. The Kier molecular flexibility index (Phi) is 3.31. The quantitative estimate of drug-likeness (QED) is 0.829. The third kappa shape index (κ3) is 2.13. The molecule has 0 fully saturated rings. The highest BCUT2D eigenvalue weighted by molar-refractivity contribution is 7.98. The standard InChI is InChI=1S/C12H15N3S/c1-9(13)12-7-14-8-15(12)10-4-3-5-11(6-10)16-2/h3-9H,13H2,1-2H3/t9-/m1/s1. The van der Waals surface area contributed by atoms with E-state index in [2.05, 4.69) is 29.4 Å². The highest BCUT2D eigenvalue weighted by Crippen LogP contribution is 2.21. The molecule has 3 nitrogen and oxygen atoms in total. The summed E-state index contributed by atoms with van der Waals surface area (Å²) in [5, 5.41) is 0. The number of hydrogen-bond acceptors (Lipinski definition) is 3. The minimum Gasteiger partial charge on any atom is -0.323 e. The van der Waals surface area contributed by atoms with Gasteiger partial charge in [0.2, 0.25) is 0 Å². The number of nitrogens with zero attached hydrogens (tertiary/aromatic N) is 2. The van der Waals surface area contributed by atoms with Gasteiger partial charge in [0.1, 0.15) is 0 Å². The smallest absolute Gasteiger partial charge is 0.0994 e. The van der Waals surface area contributed by atoms with Crippen molar-refractivity contribution < 1.29 is 0 Å². The molecule has 1 aromatic carbocycles. The fraction of sp³-hybridized carbons (Fsp3) is 0.250. The predicted octanol–water partition coefficient (Wildman–Crippen LogP) is 2.61. The van der Waals surface area contributed by atoms with Gasteiger partial charge in [0.25, 0.3) is 0 Å². The summed E-state index contributed by atoms with van der Waals surface area (Å²) in [6, 6.07) is 8.33. The van der Waals surface area contributed by atoms with E-state index in [0.29, 0.717) is 0 Å². The number of nitrogens with two attached hydrogens (primary N) is 1. The van der Waals surface area contributed by atoms with Crippen molar-refractivity contribution in [1.29, 1.82) is 0 Å². The molecule has 0 aliphatic rings. The minimum absolute atomic E-state index is 0.0135. The lowest BCUT2D eigenvalue weighted by molar-refractivity contribution is 0.752. The second-order valence-electron chi connectivity index (χ2n) is 3.68. The molecule has 0 aliphatic carbocycles. The molecule has 2 N–H and O–H groups in total. The largest absolute Gasteiger partial charge is 0.323 e. The van der Waals surface area contributed by atoms with Gasteiger partial charge in [0, 0.05) is 16.6 Å². The van der Waals surface area contributed by atoms with Crippen LogP contribution >= 0.6 is 11.8 Å². The zero-order valence-electron chi connectivity index (χ0n) is 9.42. The van der Waals surface area contributed by atoms with Crippen LogP contribution in [-0.2, 0) is 0 Å². The molecule has 16 heavy (non-hydrogen) atoms. The van der Waals surface area contributed by atoms with Crippen molar-refractivity contribution in [1.82, 2.24) is 9.55 Å². The van der Waals surface area contributed by atoms with Crippen molar-refractivity contribution in [3.63, 3.8) is 0 Å². The van der Waals surface area contributed by atoms with Crippen LogP contribution < -0.4 is 5.73 Å². The van der Waals surface area contributed by atoms with Gasteiger partial charge in [-0.05, 0) is 31.4 Å². The molecule has 0 saturated heterocycles. The van der Waals surface area contributed by atoms with Crippen LogP contribution in [0.15, 0.2) is 41.7 Å². The van der Waals surface area contributed by atoms with E-state index in [1.54, 1.807) is 18.1 Å². The number of hydrogen-bond donors (Lipinski definition) is 1. The van der Waals surface area contributed by atoms with Crippen molar-refractivity contribution >= 4 is 11.8 Å². The first-order valence-corrected chi connectivity index (χ1v) is 6.37. The Morgan fingerprint density at radius 1 is 1.44 bits per heavy atom. The zero-order valence-corrected chi connectivity index (χ0v) is 10.2. The topological polar surface area (TPSA) is 43.8 Å². The summed E-state index contributed by atoms with van der Waals surface area (Å²) < 4.78 is 2.03. The molecule has 0 spiro atoms. The molecule has 0 saturated carbocycles. The first-order valence-electron chi connectivity index (χ1n) is 5.14. The van der Waals surface area contributed by atoms with Crippen molar-refractivity contribution in [3.8, 4) is 5.69 Å². The molecule has 4 heteroatoms. The summed E-state index contributed by atoms with van der Waals surface area (Å²) in [5.74, 6) is 0.